The summed E-state index contributed by atoms with van der Waals surface area (Å²) in [6.07, 6.45) is 3.69. The van der Waals surface area contributed by atoms with Crippen LogP contribution in [0.3, 0.4) is 0 Å². The highest BCUT2D eigenvalue weighted by atomic mass is 16.2. The molecule has 1 aromatic carbocycles. The standard InChI is InChI=1S/C18H21N5O2/c24-15-9-14(11-23(15)10-12-5-2-1-3-6-12)17(25)20-18-19-16(21-22-18)13-7-4-8-13/h1-3,5-6,13-14H,4,7-11H2,(H2,19,20,21,22,25). The average molecular weight is 339 g/mol. The van der Waals surface area contributed by atoms with Gasteiger partial charge in [0.25, 0.3) is 0 Å². The van der Waals surface area contributed by atoms with Crippen LogP contribution >= 0.6 is 0 Å². The fraction of sp³-hybridized carbons (Fsp3) is 0.444. The fourth-order valence-corrected chi connectivity index (χ4v) is 3.31. The molecule has 1 saturated carbocycles. The molecule has 2 amide bonds. The van der Waals surface area contributed by atoms with Gasteiger partial charge >= 0.3 is 0 Å². The van der Waals surface area contributed by atoms with Crippen LogP contribution in [0.1, 0.15) is 43.0 Å². The molecule has 4 rings (SSSR count). The molecule has 7 heteroatoms. The van der Waals surface area contributed by atoms with Crippen molar-refractivity contribution in [3.8, 4) is 0 Å². The molecule has 2 N–H and O–H groups in total. The van der Waals surface area contributed by atoms with Gasteiger partial charge in [-0.2, -0.15) is 4.98 Å². The molecule has 1 saturated heterocycles. The Labute approximate surface area is 145 Å². The molecule has 1 aliphatic carbocycles. The number of H-pyrrole nitrogens is 1. The van der Waals surface area contributed by atoms with Crippen molar-refractivity contribution in [1.29, 1.82) is 0 Å². The predicted molar refractivity (Wildman–Crippen MR) is 91.6 cm³/mol. The van der Waals surface area contributed by atoms with Crippen molar-refractivity contribution < 1.29 is 9.59 Å². The number of carbonyl (C=O) groups excluding carboxylic acids is 2. The number of aromatic nitrogens is 3. The Morgan fingerprint density at radius 3 is 2.80 bits per heavy atom. The van der Waals surface area contributed by atoms with Crippen LogP contribution in [0.4, 0.5) is 5.95 Å². The lowest BCUT2D eigenvalue weighted by Gasteiger charge is -2.22. The highest BCUT2D eigenvalue weighted by molar-refractivity contribution is 5.96. The topological polar surface area (TPSA) is 91.0 Å². The van der Waals surface area contributed by atoms with E-state index in [-0.39, 0.29) is 24.2 Å². The number of nitrogens with zero attached hydrogens (tertiary/aromatic N) is 3. The zero-order chi connectivity index (χ0) is 17.2. The normalized spacial score (nSPS) is 20.6. The maximum absolute atomic E-state index is 12.4. The van der Waals surface area contributed by atoms with Crippen LogP contribution in [0, 0.1) is 5.92 Å². The van der Waals surface area contributed by atoms with Crippen molar-refractivity contribution in [2.24, 2.45) is 5.92 Å². The predicted octanol–water partition coefficient (Wildman–Crippen LogP) is 2.06. The summed E-state index contributed by atoms with van der Waals surface area (Å²) in [6, 6.07) is 9.80. The highest BCUT2D eigenvalue weighted by Crippen LogP contribution is 2.34. The van der Waals surface area contributed by atoms with Crippen LogP contribution in [-0.4, -0.2) is 38.4 Å². The SMILES string of the molecule is O=C(Nc1n[nH]c(C2CCC2)n1)C1CC(=O)N(Cc2ccccc2)C1. The molecule has 7 nitrogen and oxygen atoms in total. The second-order valence-corrected chi connectivity index (χ2v) is 6.82. The first-order chi connectivity index (χ1) is 12.2. The van der Waals surface area contributed by atoms with Crippen LogP contribution < -0.4 is 5.32 Å². The maximum Gasteiger partial charge on any atom is 0.248 e. The smallest absolute Gasteiger partial charge is 0.248 e. The third-order valence-corrected chi connectivity index (χ3v) is 5.03. The lowest BCUT2D eigenvalue weighted by molar-refractivity contribution is -0.128. The number of hydrogen-bond acceptors (Lipinski definition) is 4. The summed E-state index contributed by atoms with van der Waals surface area (Å²) in [7, 11) is 0. The van der Waals surface area contributed by atoms with Crippen molar-refractivity contribution in [2.45, 2.75) is 38.1 Å². The summed E-state index contributed by atoms with van der Waals surface area (Å²) in [6.45, 7) is 0.968. The van der Waals surface area contributed by atoms with Gasteiger partial charge < -0.3 is 4.90 Å². The minimum Gasteiger partial charge on any atom is -0.338 e. The molecule has 2 fully saturated rings. The lowest BCUT2D eigenvalue weighted by atomic mass is 9.85. The molecule has 25 heavy (non-hydrogen) atoms. The van der Waals surface area contributed by atoms with Crippen LogP contribution in [-0.2, 0) is 16.1 Å². The van der Waals surface area contributed by atoms with Crippen LogP contribution in [0.5, 0.6) is 0 Å². The van der Waals surface area contributed by atoms with Crippen molar-refractivity contribution in [3.63, 3.8) is 0 Å². The second-order valence-electron chi connectivity index (χ2n) is 6.82. The number of benzene rings is 1. The number of rotatable bonds is 5. The van der Waals surface area contributed by atoms with E-state index in [0.29, 0.717) is 25.0 Å². The van der Waals surface area contributed by atoms with Crippen molar-refractivity contribution >= 4 is 17.8 Å². The third kappa shape index (κ3) is 3.40. The number of likely N-dealkylation sites (tertiary alicyclic amines) is 1. The van der Waals surface area contributed by atoms with E-state index in [1.807, 2.05) is 30.3 Å². The molecule has 1 aliphatic heterocycles. The summed E-state index contributed by atoms with van der Waals surface area (Å²) in [5, 5.41) is 9.71. The van der Waals surface area contributed by atoms with Crippen molar-refractivity contribution in [3.05, 3.63) is 41.7 Å². The van der Waals surface area contributed by atoms with E-state index in [4.69, 9.17) is 0 Å². The van der Waals surface area contributed by atoms with E-state index in [9.17, 15) is 9.59 Å². The lowest BCUT2D eigenvalue weighted by Crippen LogP contribution is -2.28. The number of hydrogen-bond donors (Lipinski definition) is 2. The number of nitrogens with one attached hydrogen (secondary N) is 2. The summed E-state index contributed by atoms with van der Waals surface area (Å²) in [5.41, 5.74) is 1.07. The zero-order valence-electron chi connectivity index (χ0n) is 13.9. The molecule has 2 aromatic rings. The van der Waals surface area contributed by atoms with Gasteiger partial charge in [0.15, 0.2) is 0 Å². The Kier molecular flexibility index (Phi) is 4.21. The largest absolute Gasteiger partial charge is 0.338 e. The number of anilines is 1. The molecule has 2 heterocycles. The number of aromatic amines is 1. The molecule has 130 valence electrons. The van der Waals surface area contributed by atoms with E-state index in [1.54, 1.807) is 4.90 Å². The van der Waals surface area contributed by atoms with E-state index in [2.05, 4.69) is 20.5 Å². The van der Waals surface area contributed by atoms with Gasteiger partial charge in [-0.3, -0.25) is 20.0 Å². The van der Waals surface area contributed by atoms with Gasteiger partial charge in [0.1, 0.15) is 5.82 Å². The molecule has 1 atom stereocenters. The number of carbonyl (C=O) groups is 2. The molecule has 1 unspecified atom stereocenters. The Morgan fingerprint density at radius 2 is 2.08 bits per heavy atom. The van der Waals surface area contributed by atoms with E-state index in [1.165, 1.54) is 6.42 Å². The van der Waals surface area contributed by atoms with Crippen LogP contribution in [0.15, 0.2) is 30.3 Å². The third-order valence-electron chi connectivity index (χ3n) is 5.03. The van der Waals surface area contributed by atoms with Crippen molar-refractivity contribution in [2.75, 3.05) is 11.9 Å². The second kappa shape index (κ2) is 6.66. The first-order valence-electron chi connectivity index (χ1n) is 8.74. The van der Waals surface area contributed by atoms with Gasteiger partial charge in [-0.15, -0.1) is 5.10 Å². The quantitative estimate of drug-likeness (QED) is 0.872. The van der Waals surface area contributed by atoms with E-state index >= 15 is 0 Å². The summed E-state index contributed by atoms with van der Waals surface area (Å²) < 4.78 is 0. The van der Waals surface area contributed by atoms with Crippen molar-refractivity contribution in [1.82, 2.24) is 20.1 Å². The average Bonchev–Trinajstić information content (AvgIpc) is 3.14. The summed E-state index contributed by atoms with van der Waals surface area (Å²) in [4.78, 5) is 30.7. The van der Waals surface area contributed by atoms with Gasteiger partial charge in [-0.25, -0.2) is 0 Å². The Hall–Kier alpha value is -2.70. The molecule has 1 aromatic heterocycles. The van der Waals surface area contributed by atoms with Gasteiger partial charge in [0.05, 0.1) is 5.92 Å². The summed E-state index contributed by atoms with van der Waals surface area (Å²) >= 11 is 0. The van der Waals surface area contributed by atoms with Gasteiger partial charge in [-0.1, -0.05) is 36.8 Å². The minimum absolute atomic E-state index is 0.00847. The van der Waals surface area contributed by atoms with Gasteiger partial charge in [0, 0.05) is 25.4 Å². The Bertz CT molecular complexity index is 769. The molecule has 2 aliphatic rings. The first kappa shape index (κ1) is 15.8. The van der Waals surface area contributed by atoms with Gasteiger partial charge in [0.2, 0.25) is 17.8 Å². The number of amides is 2. The maximum atomic E-state index is 12.4. The molecule has 0 radical (unpaired) electrons. The Morgan fingerprint density at radius 1 is 1.28 bits per heavy atom. The van der Waals surface area contributed by atoms with Gasteiger partial charge in [-0.05, 0) is 18.4 Å². The minimum atomic E-state index is -0.359. The monoisotopic (exact) mass is 339 g/mol. The highest BCUT2D eigenvalue weighted by Gasteiger charge is 2.34. The zero-order valence-corrected chi connectivity index (χ0v) is 13.9. The molecule has 0 bridgehead atoms. The molecule has 0 spiro atoms. The van der Waals surface area contributed by atoms with Crippen LogP contribution in [0.25, 0.3) is 0 Å². The fourth-order valence-electron chi connectivity index (χ4n) is 3.31. The van der Waals surface area contributed by atoms with E-state index < -0.39 is 0 Å². The van der Waals surface area contributed by atoms with E-state index in [0.717, 1.165) is 24.2 Å². The first-order valence-corrected chi connectivity index (χ1v) is 8.74. The van der Waals surface area contributed by atoms with Crippen LogP contribution in [0.2, 0.25) is 0 Å². The molecular weight excluding hydrogens is 318 g/mol. The Balaban J connectivity index is 1.34. The summed E-state index contributed by atoms with van der Waals surface area (Å²) in [5.74, 6) is 1.04. The molecular formula is C18H21N5O2.